The molecule has 0 saturated carbocycles. The number of thioether (sulfide) groups is 1. The topological polar surface area (TPSA) is 80.3 Å². The fourth-order valence-corrected chi connectivity index (χ4v) is 6.48. The van der Waals surface area contributed by atoms with E-state index in [0.29, 0.717) is 11.1 Å². The largest absolute Gasteiger partial charge is 0.454 e. The van der Waals surface area contributed by atoms with Gasteiger partial charge >= 0.3 is 11.9 Å². The van der Waals surface area contributed by atoms with Crippen molar-refractivity contribution in [2.45, 2.75) is 90.2 Å². The minimum Gasteiger partial charge on any atom is -0.454 e. The highest BCUT2D eigenvalue weighted by Gasteiger charge is 2.51. The molecule has 2 aliphatic rings. The molecule has 2 aliphatic heterocycles. The Hall–Kier alpha value is -2.39. The zero-order valence-corrected chi connectivity index (χ0v) is 25.0. The number of carbonyl (C=O) groups excluding carboxylic acids is 2. The van der Waals surface area contributed by atoms with Crippen molar-refractivity contribution in [3.8, 4) is 0 Å². The van der Waals surface area contributed by atoms with Crippen LogP contribution in [0.4, 0.5) is 0 Å². The molecule has 2 aromatic carbocycles. The monoisotopic (exact) mass is 570 g/mol. The number of rotatable bonds is 9. The van der Waals surface area contributed by atoms with Crippen LogP contribution in [0, 0.1) is 17.8 Å². The second-order valence-corrected chi connectivity index (χ2v) is 12.1. The molecule has 2 fully saturated rings. The maximum Gasteiger partial charge on any atom is 0.338 e. The van der Waals surface area contributed by atoms with Crippen LogP contribution in [0.25, 0.3) is 0 Å². The summed E-state index contributed by atoms with van der Waals surface area (Å²) in [6.45, 7) is 12.4. The Morgan fingerprint density at radius 3 is 1.80 bits per heavy atom. The summed E-state index contributed by atoms with van der Waals surface area (Å²) in [5.74, 6) is 0.105. The van der Waals surface area contributed by atoms with Gasteiger partial charge in [-0.3, -0.25) is 0 Å². The van der Waals surface area contributed by atoms with Crippen LogP contribution in [-0.4, -0.2) is 59.9 Å². The summed E-state index contributed by atoms with van der Waals surface area (Å²) in [4.78, 5) is 26.5. The second-order valence-electron chi connectivity index (χ2n) is 10.8. The third kappa shape index (κ3) is 6.90. The van der Waals surface area contributed by atoms with Crippen LogP contribution in [0.5, 0.6) is 0 Å². The molecule has 0 aliphatic carbocycles. The van der Waals surface area contributed by atoms with Gasteiger partial charge in [-0.2, -0.15) is 0 Å². The van der Waals surface area contributed by atoms with E-state index >= 15 is 0 Å². The van der Waals surface area contributed by atoms with Crippen molar-refractivity contribution in [1.82, 2.24) is 0 Å². The highest BCUT2D eigenvalue weighted by atomic mass is 32.2. The third-order valence-electron chi connectivity index (χ3n) is 8.18. The first-order valence-corrected chi connectivity index (χ1v) is 15.4. The molecule has 0 spiro atoms. The molecule has 2 saturated heterocycles. The van der Waals surface area contributed by atoms with Gasteiger partial charge in [-0.05, 0) is 55.2 Å². The van der Waals surface area contributed by atoms with E-state index in [2.05, 4.69) is 27.7 Å². The van der Waals surface area contributed by atoms with Gasteiger partial charge in [0.25, 0.3) is 0 Å². The Labute approximate surface area is 242 Å². The smallest absolute Gasteiger partial charge is 0.338 e. The van der Waals surface area contributed by atoms with E-state index in [4.69, 9.17) is 23.7 Å². The number of benzene rings is 2. The standard InChI is InChI=1S/C32H42O7S/c1-7-25-26(19(3)20(4)32(36-25)40-8-2)39-31-28(38-30(34)24-17-13-10-14-18-24)27(21(5)22(6)35-31)37-29(33)23-15-11-9-12-16-23/h9-22,25-28,31-32H,7-8H2,1-6H3/t19-,20?,21+,22?,25?,26-,27-,28?,31+,32+/m1/s1. The predicted octanol–water partition coefficient (Wildman–Crippen LogP) is 6.36. The van der Waals surface area contributed by atoms with Crippen LogP contribution < -0.4 is 0 Å². The van der Waals surface area contributed by atoms with Gasteiger partial charge in [0.2, 0.25) is 0 Å². The molecule has 0 aromatic heterocycles. The summed E-state index contributed by atoms with van der Waals surface area (Å²) in [5.41, 5.74) is 0.907. The van der Waals surface area contributed by atoms with Gasteiger partial charge in [0.1, 0.15) is 11.5 Å². The SMILES string of the molecule is CCS[C@@H]1OC(CC)[C@H](O[C@@H]2OC(C)[C@H](C)[C@@H](OC(=O)c3ccccc3)C2OC(=O)c2ccccc2)[C@H](C)C1C. The molecule has 10 atom stereocenters. The van der Waals surface area contributed by atoms with E-state index in [1.54, 1.807) is 48.5 Å². The average Bonchev–Trinajstić information content (AvgIpc) is 2.97. The van der Waals surface area contributed by atoms with Gasteiger partial charge in [-0.15, -0.1) is 11.8 Å². The lowest BCUT2D eigenvalue weighted by atomic mass is 9.84. The molecule has 2 aromatic rings. The summed E-state index contributed by atoms with van der Waals surface area (Å²) in [6.07, 6.45) is -2.69. The molecular weight excluding hydrogens is 528 g/mol. The number of esters is 2. The summed E-state index contributed by atoms with van der Waals surface area (Å²) in [5, 5.41) is 0. The molecule has 218 valence electrons. The summed E-state index contributed by atoms with van der Waals surface area (Å²) in [7, 11) is 0. The minimum absolute atomic E-state index is 0.0855. The zero-order valence-electron chi connectivity index (χ0n) is 24.2. The molecule has 0 radical (unpaired) electrons. The Morgan fingerprint density at radius 2 is 1.27 bits per heavy atom. The maximum atomic E-state index is 13.3. The normalized spacial score (nSPS) is 34.1. The maximum absolute atomic E-state index is 13.3. The van der Waals surface area contributed by atoms with Crippen molar-refractivity contribution in [2.75, 3.05) is 5.75 Å². The zero-order chi connectivity index (χ0) is 28.8. The number of hydrogen-bond acceptors (Lipinski definition) is 8. The van der Waals surface area contributed by atoms with Crippen molar-refractivity contribution in [1.29, 1.82) is 0 Å². The van der Waals surface area contributed by atoms with E-state index in [0.717, 1.165) is 12.2 Å². The Kier molecular flexibility index (Phi) is 10.7. The quantitative estimate of drug-likeness (QED) is 0.322. The first-order valence-electron chi connectivity index (χ1n) is 14.3. The molecule has 4 unspecified atom stereocenters. The van der Waals surface area contributed by atoms with E-state index in [9.17, 15) is 9.59 Å². The van der Waals surface area contributed by atoms with Crippen LogP contribution in [0.15, 0.2) is 60.7 Å². The van der Waals surface area contributed by atoms with Crippen LogP contribution in [-0.2, 0) is 23.7 Å². The molecule has 0 N–H and O–H groups in total. The number of ether oxygens (including phenoxy) is 5. The van der Waals surface area contributed by atoms with Crippen molar-refractivity contribution in [2.24, 2.45) is 17.8 Å². The molecule has 0 bridgehead atoms. The lowest BCUT2D eigenvalue weighted by Crippen LogP contribution is -2.60. The summed E-state index contributed by atoms with van der Waals surface area (Å²) in [6, 6.07) is 17.6. The first kappa shape index (κ1) is 30.6. The van der Waals surface area contributed by atoms with E-state index < -0.39 is 30.4 Å². The van der Waals surface area contributed by atoms with Crippen molar-refractivity contribution < 1.29 is 33.3 Å². The van der Waals surface area contributed by atoms with Gasteiger partial charge in [-0.1, -0.05) is 71.0 Å². The van der Waals surface area contributed by atoms with Crippen LogP contribution in [0.1, 0.15) is 68.7 Å². The highest BCUT2D eigenvalue weighted by Crippen LogP contribution is 2.41. The van der Waals surface area contributed by atoms with Gasteiger partial charge < -0.3 is 23.7 Å². The fraction of sp³-hybridized carbons (Fsp3) is 0.562. The minimum atomic E-state index is -0.977. The summed E-state index contributed by atoms with van der Waals surface area (Å²) >= 11 is 1.81. The number of carbonyl (C=O) groups is 2. The lowest BCUT2D eigenvalue weighted by molar-refractivity contribution is -0.314. The predicted molar refractivity (Wildman–Crippen MR) is 155 cm³/mol. The van der Waals surface area contributed by atoms with E-state index in [1.807, 2.05) is 37.7 Å². The van der Waals surface area contributed by atoms with Crippen LogP contribution in [0.3, 0.4) is 0 Å². The molecule has 0 amide bonds. The van der Waals surface area contributed by atoms with Crippen molar-refractivity contribution >= 4 is 23.7 Å². The van der Waals surface area contributed by atoms with Crippen molar-refractivity contribution in [3.63, 3.8) is 0 Å². The average molecular weight is 571 g/mol. The third-order valence-corrected chi connectivity index (χ3v) is 9.38. The van der Waals surface area contributed by atoms with E-state index in [-0.39, 0.29) is 41.5 Å². The fourth-order valence-electron chi connectivity index (χ4n) is 5.38. The van der Waals surface area contributed by atoms with Crippen LogP contribution >= 0.6 is 11.8 Å². The number of hydrogen-bond donors (Lipinski definition) is 0. The molecule has 7 nitrogen and oxygen atoms in total. The summed E-state index contributed by atoms with van der Waals surface area (Å²) < 4.78 is 31.7. The van der Waals surface area contributed by atoms with Crippen LogP contribution in [0.2, 0.25) is 0 Å². The van der Waals surface area contributed by atoms with Gasteiger partial charge in [0, 0.05) is 5.92 Å². The molecule has 8 heteroatoms. The first-order chi connectivity index (χ1) is 19.2. The molecular formula is C32H42O7S. The van der Waals surface area contributed by atoms with Gasteiger partial charge in [0.05, 0.1) is 29.4 Å². The van der Waals surface area contributed by atoms with Crippen molar-refractivity contribution in [3.05, 3.63) is 71.8 Å². The van der Waals surface area contributed by atoms with E-state index in [1.165, 1.54) is 0 Å². The Morgan fingerprint density at radius 1 is 0.725 bits per heavy atom. The highest BCUT2D eigenvalue weighted by molar-refractivity contribution is 7.99. The Bertz CT molecular complexity index is 1090. The Balaban J connectivity index is 1.64. The molecule has 40 heavy (non-hydrogen) atoms. The molecule has 2 heterocycles. The molecule has 4 rings (SSSR count). The van der Waals surface area contributed by atoms with Gasteiger partial charge in [-0.25, -0.2) is 9.59 Å². The second kappa shape index (κ2) is 14.0. The lowest BCUT2D eigenvalue weighted by Gasteiger charge is -2.48. The van der Waals surface area contributed by atoms with Gasteiger partial charge in [0.15, 0.2) is 12.4 Å².